The molecule has 1 aromatic rings. The van der Waals surface area contributed by atoms with Gasteiger partial charge in [0.25, 0.3) is 5.91 Å². The molecule has 0 bridgehead atoms. The van der Waals surface area contributed by atoms with Crippen LogP contribution in [-0.4, -0.2) is 28.6 Å². The third kappa shape index (κ3) is 4.91. The van der Waals surface area contributed by atoms with Gasteiger partial charge in [-0.05, 0) is 31.9 Å². The van der Waals surface area contributed by atoms with Gasteiger partial charge in [-0.15, -0.1) is 0 Å². The first-order valence-electron chi connectivity index (χ1n) is 7.10. The third-order valence-electron chi connectivity index (χ3n) is 3.71. The predicted molar refractivity (Wildman–Crippen MR) is 85.2 cm³/mol. The van der Waals surface area contributed by atoms with Crippen molar-refractivity contribution in [2.45, 2.75) is 45.8 Å². The molecular formula is C16H22ClNO4. The van der Waals surface area contributed by atoms with Crippen molar-refractivity contribution in [3.05, 3.63) is 29.3 Å². The van der Waals surface area contributed by atoms with Gasteiger partial charge < -0.3 is 15.2 Å². The second-order valence-corrected chi connectivity index (χ2v) is 6.23. The van der Waals surface area contributed by atoms with Crippen molar-refractivity contribution in [2.24, 2.45) is 5.92 Å². The lowest BCUT2D eigenvalue weighted by Crippen LogP contribution is -2.54. The molecule has 0 radical (unpaired) electrons. The highest BCUT2D eigenvalue weighted by atomic mass is 35.5. The van der Waals surface area contributed by atoms with Crippen molar-refractivity contribution in [3.8, 4) is 5.75 Å². The fraction of sp³-hybridized carbons (Fsp3) is 0.500. The first-order valence-corrected chi connectivity index (χ1v) is 7.48. The highest BCUT2D eigenvalue weighted by Crippen LogP contribution is 2.25. The van der Waals surface area contributed by atoms with Crippen LogP contribution < -0.4 is 10.1 Å². The summed E-state index contributed by atoms with van der Waals surface area (Å²) in [5.41, 5.74) is -0.846. The van der Waals surface area contributed by atoms with Gasteiger partial charge in [-0.3, -0.25) is 9.59 Å². The van der Waals surface area contributed by atoms with Crippen LogP contribution in [0.15, 0.2) is 24.3 Å². The Balaban J connectivity index is 2.77. The maximum absolute atomic E-state index is 12.3. The molecule has 0 spiro atoms. The molecule has 22 heavy (non-hydrogen) atoms. The molecular weight excluding hydrogens is 306 g/mol. The van der Waals surface area contributed by atoms with Crippen LogP contribution in [0.5, 0.6) is 5.75 Å². The summed E-state index contributed by atoms with van der Waals surface area (Å²) in [7, 11) is 0. The topological polar surface area (TPSA) is 75.6 Å². The van der Waals surface area contributed by atoms with E-state index in [1.165, 1.54) is 0 Å². The number of para-hydroxylation sites is 1. The van der Waals surface area contributed by atoms with E-state index in [0.717, 1.165) is 0 Å². The number of carbonyl (C=O) groups excluding carboxylic acids is 1. The van der Waals surface area contributed by atoms with E-state index in [1.54, 1.807) is 38.1 Å². The summed E-state index contributed by atoms with van der Waals surface area (Å²) >= 11 is 5.99. The lowest BCUT2D eigenvalue weighted by molar-refractivity contribution is -0.140. The minimum Gasteiger partial charge on any atom is -0.481 e. The number of halogens is 1. The van der Waals surface area contributed by atoms with Crippen molar-refractivity contribution in [1.29, 1.82) is 0 Å². The molecule has 122 valence electrons. The van der Waals surface area contributed by atoms with Crippen molar-refractivity contribution in [3.63, 3.8) is 0 Å². The lowest BCUT2D eigenvalue weighted by Gasteiger charge is -2.34. The Hall–Kier alpha value is -1.75. The minimum absolute atomic E-state index is 0.0416. The van der Waals surface area contributed by atoms with Gasteiger partial charge in [0.1, 0.15) is 5.75 Å². The van der Waals surface area contributed by atoms with E-state index in [2.05, 4.69) is 5.32 Å². The van der Waals surface area contributed by atoms with Crippen molar-refractivity contribution in [1.82, 2.24) is 5.32 Å². The maximum atomic E-state index is 12.3. The van der Waals surface area contributed by atoms with Gasteiger partial charge in [0.2, 0.25) is 0 Å². The zero-order valence-corrected chi connectivity index (χ0v) is 14.0. The Bertz CT molecular complexity index is 547. The average molecular weight is 328 g/mol. The van der Waals surface area contributed by atoms with Gasteiger partial charge >= 0.3 is 5.97 Å². The largest absolute Gasteiger partial charge is 0.481 e. The minimum atomic E-state index is -0.962. The standard InChI is InChI=1S/C16H22ClNO4/c1-10(2)16(4,9-14(19)20)18-15(21)11(3)22-13-8-6-5-7-12(13)17/h5-8,10-11H,9H2,1-4H3,(H,18,21)(H,19,20). The molecule has 6 heteroatoms. The molecule has 0 saturated heterocycles. The molecule has 1 rings (SSSR count). The number of nitrogens with one attached hydrogen (secondary N) is 1. The zero-order valence-electron chi connectivity index (χ0n) is 13.2. The van der Waals surface area contributed by atoms with Crippen LogP contribution in [-0.2, 0) is 9.59 Å². The molecule has 0 saturated carbocycles. The molecule has 0 aliphatic rings. The fourth-order valence-electron chi connectivity index (χ4n) is 1.87. The van der Waals surface area contributed by atoms with E-state index in [0.29, 0.717) is 10.8 Å². The van der Waals surface area contributed by atoms with Gasteiger partial charge in [-0.25, -0.2) is 0 Å². The quantitative estimate of drug-likeness (QED) is 0.806. The summed E-state index contributed by atoms with van der Waals surface area (Å²) in [4.78, 5) is 23.3. The smallest absolute Gasteiger partial charge is 0.305 e. The monoisotopic (exact) mass is 327 g/mol. The first kappa shape index (κ1) is 18.3. The predicted octanol–water partition coefficient (Wildman–Crippen LogP) is 3.11. The number of amides is 1. The van der Waals surface area contributed by atoms with E-state index >= 15 is 0 Å². The summed E-state index contributed by atoms with van der Waals surface area (Å²) < 4.78 is 5.55. The Morgan fingerprint density at radius 1 is 1.32 bits per heavy atom. The van der Waals surface area contributed by atoms with Crippen LogP contribution in [0, 0.1) is 5.92 Å². The molecule has 0 heterocycles. The Kier molecular flexibility index (Phi) is 6.23. The second-order valence-electron chi connectivity index (χ2n) is 5.82. The van der Waals surface area contributed by atoms with Crippen LogP contribution in [0.3, 0.4) is 0 Å². The normalized spacial score (nSPS) is 15.0. The summed E-state index contributed by atoms with van der Waals surface area (Å²) in [6.07, 6.45) is -0.943. The summed E-state index contributed by atoms with van der Waals surface area (Å²) in [5.74, 6) is -0.968. The highest BCUT2D eigenvalue weighted by Gasteiger charge is 2.34. The first-order chi connectivity index (χ1) is 10.2. The SMILES string of the molecule is CC(Oc1ccccc1Cl)C(=O)NC(C)(CC(=O)O)C(C)C. The molecule has 2 unspecified atom stereocenters. The number of carboxylic acids is 1. The van der Waals surface area contributed by atoms with Crippen molar-refractivity contribution < 1.29 is 19.4 Å². The molecule has 0 aliphatic heterocycles. The van der Waals surface area contributed by atoms with Crippen LogP contribution in [0.2, 0.25) is 5.02 Å². The number of ether oxygens (including phenoxy) is 1. The van der Waals surface area contributed by atoms with E-state index in [9.17, 15) is 9.59 Å². The molecule has 0 aromatic heterocycles. The van der Waals surface area contributed by atoms with Gasteiger partial charge in [0.15, 0.2) is 6.10 Å². The van der Waals surface area contributed by atoms with Crippen LogP contribution >= 0.6 is 11.6 Å². The maximum Gasteiger partial charge on any atom is 0.305 e. The number of carbonyl (C=O) groups is 2. The molecule has 1 amide bonds. The van der Waals surface area contributed by atoms with E-state index in [1.807, 2.05) is 13.8 Å². The average Bonchev–Trinajstić information content (AvgIpc) is 2.40. The number of aliphatic carboxylic acids is 1. The molecule has 2 atom stereocenters. The van der Waals surface area contributed by atoms with Crippen molar-refractivity contribution >= 4 is 23.5 Å². The van der Waals surface area contributed by atoms with Gasteiger partial charge in [0, 0.05) is 0 Å². The van der Waals surface area contributed by atoms with Gasteiger partial charge in [0.05, 0.1) is 17.0 Å². The number of rotatable bonds is 7. The van der Waals surface area contributed by atoms with E-state index < -0.39 is 17.6 Å². The summed E-state index contributed by atoms with van der Waals surface area (Å²) in [5, 5.41) is 12.2. The Morgan fingerprint density at radius 3 is 2.41 bits per heavy atom. The highest BCUT2D eigenvalue weighted by molar-refractivity contribution is 6.32. The van der Waals surface area contributed by atoms with Crippen LogP contribution in [0.1, 0.15) is 34.1 Å². The summed E-state index contributed by atoms with van der Waals surface area (Å²) in [6.45, 7) is 7.04. The van der Waals surface area contributed by atoms with Gasteiger partial charge in [-0.1, -0.05) is 37.6 Å². The summed E-state index contributed by atoms with van der Waals surface area (Å²) in [6, 6.07) is 6.87. The number of hydrogen-bond acceptors (Lipinski definition) is 3. The van der Waals surface area contributed by atoms with Crippen LogP contribution in [0.4, 0.5) is 0 Å². The molecule has 5 nitrogen and oxygen atoms in total. The van der Waals surface area contributed by atoms with E-state index in [4.69, 9.17) is 21.4 Å². The van der Waals surface area contributed by atoms with Crippen molar-refractivity contribution in [2.75, 3.05) is 0 Å². The fourth-order valence-corrected chi connectivity index (χ4v) is 2.05. The molecule has 0 fully saturated rings. The van der Waals surface area contributed by atoms with Crippen LogP contribution in [0.25, 0.3) is 0 Å². The number of benzene rings is 1. The molecule has 1 aromatic carbocycles. The molecule has 0 aliphatic carbocycles. The molecule has 2 N–H and O–H groups in total. The zero-order chi connectivity index (χ0) is 16.9. The Morgan fingerprint density at radius 2 is 1.91 bits per heavy atom. The lowest BCUT2D eigenvalue weighted by atomic mass is 9.85. The van der Waals surface area contributed by atoms with Gasteiger partial charge in [-0.2, -0.15) is 0 Å². The number of carboxylic acid groups (broad SMARTS) is 1. The van der Waals surface area contributed by atoms with E-state index in [-0.39, 0.29) is 18.2 Å². The Labute approximate surface area is 135 Å². The second kappa shape index (κ2) is 7.49. The number of hydrogen-bond donors (Lipinski definition) is 2. The third-order valence-corrected chi connectivity index (χ3v) is 4.02.